The molecule has 0 saturated heterocycles. The van der Waals surface area contributed by atoms with E-state index in [4.69, 9.17) is 16.2 Å². The van der Waals surface area contributed by atoms with Crippen molar-refractivity contribution in [2.75, 3.05) is 29.6 Å². The van der Waals surface area contributed by atoms with E-state index in [9.17, 15) is 14.9 Å². The fraction of sp³-hybridized carbons (Fsp3) is 0.154. The van der Waals surface area contributed by atoms with Gasteiger partial charge in [-0.05, 0) is 12.1 Å². The zero-order valence-electron chi connectivity index (χ0n) is 12.6. The van der Waals surface area contributed by atoms with Gasteiger partial charge >= 0.3 is 0 Å². The van der Waals surface area contributed by atoms with Crippen LogP contribution in [0.1, 0.15) is 0 Å². The molecule has 24 heavy (non-hydrogen) atoms. The van der Waals surface area contributed by atoms with Crippen LogP contribution in [0, 0.1) is 10.1 Å². The number of thioether (sulfide) groups is 1. The number of amides is 1. The van der Waals surface area contributed by atoms with Crippen LogP contribution in [-0.4, -0.2) is 33.7 Å². The number of aromatic nitrogens is 2. The predicted molar refractivity (Wildman–Crippen MR) is 89.9 cm³/mol. The highest BCUT2D eigenvalue weighted by molar-refractivity contribution is 7.99. The molecule has 2 aromatic rings. The number of nitrogen functional groups attached to an aromatic ring is 2. The maximum atomic E-state index is 12.0. The number of carbonyl (C=O) groups excluding carboxylic acids is 1. The highest BCUT2D eigenvalue weighted by Crippen LogP contribution is 2.29. The first-order valence-corrected chi connectivity index (χ1v) is 7.52. The second-order valence-corrected chi connectivity index (χ2v) is 5.42. The van der Waals surface area contributed by atoms with Gasteiger partial charge in [0.2, 0.25) is 5.91 Å². The van der Waals surface area contributed by atoms with Gasteiger partial charge in [0.15, 0.2) is 5.16 Å². The Morgan fingerprint density at radius 2 is 2.00 bits per heavy atom. The topological polar surface area (TPSA) is 159 Å². The third-order valence-electron chi connectivity index (χ3n) is 2.75. The van der Waals surface area contributed by atoms with Crippen molar-refractivity contribution in [3.63, 3.8) is 0 Å². The van der Waals surface area contributed by atoms with Crippen LogP contribution in [0.25, 0.3) is 0 Å². The second-order valence-electron chi connectivity index (χ2n) is 4.48. The minimum absolute atomic E-state index is 0.0634. The number of hydrogen-bond donors (Lipinski definition) is 3. The molecular weight excluding hydrogens is 336 g/mol. The highest BCUT2D eigenvalue weighted by Gasteiger charge is 2.17. The van der Waals surface area contributed by atoms with E-state index in [0.29, 0.717) is 5.75 Å². The molecule has 2 rings (SSSR count). The molecule has 0 aliphatic carbocycles. The van der Waals surface area contributed by atoms with Crippen LogP contribution in [0.15, 0.2) is 29.4 Å². The van der Waals surface area contributed by atoms with Gasteiger partial charge in [0.1, 0.15) is 23.1 Å². The Morgan fingerprint density at radius 1 is 1.33 bits per heavy atom. The molecule has 0 atom stereocenters. The molecule has 10 nitrogen and oxygen atoms in total. The number of methoxy groups -OCH3 is 1. The summed E-state index contributed by atoms with van der Waals surface area (Å²) in [5.74, 6) is 0.175. The Kier molecular flexibility index (Phi) is 5.37. The van der Waals surface area contributed by atoms with E-state index in [0.717, 1.165) is 11.8 Å². The second kappa shape index (κ2) is 7.46. The van der Waals surface area contributed by atoms with E-state index >= 15 is 0 Å². The number of ether oxygens (including phenoxy) is 1. The normalized spacial score (nSPS) is 10.2. The summed E-state index contributed by atoms with van der Waals surface area (Å²) in [7, 11) is 1.39. The summed E-state index contributed by atoms with van der Waals surface area (Å²) in [6.07, 6.45) is 0. The molecule has 11 heteroatoms. The van der Waals surface area contributed by atoms with E-state index in [-0.39, 0.29) is 33.9 Å². The summed E-state index contributed by atoms with van der Waals surface area (Å²) >= 11 is 1.01. The van der Waals surface area contributed by atoms with Crippen molar-refractivity contribution in [2.24, 2.45) is 0 Å². The van der Waals surface area contributed by atoms with Crippen LogP contribution in [-0.2, 0) is 4.79 Å². The summed E-state index contributed by atoms with van der Waals surface area (Å²) in [6.45, 7) is 0. The Morgan fingerprint density at radius 3 is 2.58 bits per heavy atom. The standard InChI is InChI=1S/C13H14N6O4S/c1-23-7-2-3-8(9(4-7)19(21)22)16-12(20)6-24-13-17-10(14)5-11(15)18-13/h2-5H,6H2,1H3,(H,16,20)(H4,14,15,17,18). The SMILES string of the molecule is COc1ccc(NC(=O)CSc2nc(N)cc(N)n2)c([N+](=O)[O-])c1. The minimum Gasteiger partial charge on any atom is -0.496 e. The molecule has 1 aromatic heterocycles. The fourth-order valence-corrected chi connectivity index (χ4v) is 2.41. The molecule has 126 valence electrons. The molecule has 0 bridgehead atoms. The van der Waals surface area contributed by atoms with Crippen molar-refractivity contribution >= 4 is 40.7 Å². The molecule has 0 spiro atoms. The molecule has 0 aliphatic heterocycles. The fourth-order valence-electron chi connectivity index (χ4n) is 1.74. The van der Waals surface area contributed by atoms with Crippen molar-refractivity contribution in [3.8, 4) is 5.75 Å². The van der Waals surface area contributed by atoms with Crippen molar-refractivity contribution in [2.45, 2.75) is 5.16 Å². The Hall–Kier alpha value is -3.08. The summed E-state index contributed by atoms with van der Waals surface area (Å²) in [4.78, 5) is 30.3. The van der Waals surface area contributed by atoms with E-state index in [2.05, 4.69) is 15.3 Å². The van der Waals surface area contributed by atoms with Gasteiger partial charge in [-0.3, -0.25) is 14.9 Å². The van der Waals surface area contributed by atoms with E-state index in [1.165, 1.54) is 31.4 Å². The molecule has 0 saturated carbocycles. The molecular formula is C13H14N6O4S. The zero-order chi connectivity index (χ0) is 17.7. The monoisotopic (exact) mass is 350 g/mol. The van der Waals surface area contributed by atoms with Crippen molar-refractivity contribution in [1.82, 2.24) is 9.97 Å². The lowest BCUT2D eigenvalue weighted by molar-refractivity contribution is -0.384. The molecule has 0 aliphatic rings. The van der Waals surface area contributed by atoms with E-state index in [1.54, 1.807) is 0 Å². The lowest BCUT2D eigenvalue weighted by Crippen LogP contribution is -2.15. The number of nitrogens with two attached hydrogens (primary N) is 2. The van der Waals surface area contributed by atoms with Gasteiger partial charge in [-0.1, -0.05) is 11.8 Å². The smallest absolute Gasteiger partial charge is 0.296 e. The largest absolute Gasteiger partial charge is 0.496 e. The molecule has 0 fully saturated rings. The van der Waals surface area contributed by atoms with E-state index in [1.807, 2.05) is 0 Å². The maximum Gasteiger partial charge on any atom is 0.296 e. The molecule has 5 N–H and O–H groups in total. The van der Waals surface area contributed by atoms with Gasteiger partial charge in [0.25, 0.3) is 5.69 Å². The zero-order valence-corrected chi connectivity index (χ0v) is 13.4. The predicted octanol–water partition coefficient (Wildman–Crippen LogP) is 1.29. The van der Waals surface area contributed by atoms with Gasteiger partial charge < -0.3 is 21.5 Å². The lowest BCUT2D eigenvalue weighted by Gasteiger charge is -2.07. The lowest BCUT2D eigenvalue weighted by atomic mass is 10.2. The van der Waals surface area contributed by atoms with Gasteiger partial charge in [0.05, 0.1) is 23.9 Å². The number of nitro groups is 1. The van der Waals surface area contributed by atoms with Crippen LogP contribution >= 0.6 is 11.8 Å². The van der Waals surface area contributed by atoms with Gasteiger partial charge in [0, 0.05) is 6.07 Å². The van der Waals surface area contributed by atoms with Crippen molar-refractivity contribution in [3.05, 3.63) is 34.4 Å². The Labute approximate surface area is 140 Å². The average molecular weight is 350 g/mol. The van der Waals surface area contributed by atoms with Crippen LogP contribution < -0.4 is 21.5 Å². The third-order valence-corrected chi connectivity index (χ3v) is 3.60. The Balaban J connectivity index is 2.05. The van der Waals surface area contributed by atoms with Crippen molar-refractivity contribution < 1.29 is 14.5 Å². The maximum absolute atomic E-state index is 12.0. The van der Waals surface area contributed by atoms with Crippen LogP contribution in [0.2, 0.25) is 0 Å². The number of nitrogens with one attached hydrogen (secondary N) is 1. The summed E-state index contributed by atoms with van der Waals surface area (Å²) in [5.41, 5.74) is 10.9. The number of nitro benzene ring substituents is 1. The van der Waals surface area contributed by atoms with Crippen LogP contribution in [0.3, 0.4) is 0 Å². The third kappa shape index (κ3) is 4.46. The van der Waals surface area contributed by atoms with Crippen LogP contribution in [0.5, 0.6) is 5.75 Å². The molecule has 1 aromatic carbocycles. The quantitative estimate of drug-likeness (QED) is 0.302. The number of rotatable bonds is 6. The van der Waals surface area contributed by atoms with Gasteiger partial charge in [-0.15, -0.1) is 0 Å². The van der Waals surface area contributed by atoms with Crippen LogP contribution in [0.4, 0.5) is 23.0 Å². The average Bonchev–Trinajstić information content (AvgIpc) is 2.52. The van der Waals surface area contributed by atoms with Gasteiger partial charge in [-0.2, -0.15) is 0 Å². The number of hydrogen-bond acceptors (Lipinski definition) is 9. The number of nitrogens with zero attached hydrogens (tertiary/aromatic N) is 3. The minimum atomic E-state index is -0.604. The molecule has 0 unspecified atom stereocenters. The van der Waals surface area contributed by atoms with E-state index < -0.39 is 10.8 Å². The molecule has 1 heterocycles. The van der Waals surface area contributed by atoms with Crippen molar-refractivity contribution in [1.29, 1.82) is 0 Å². The number of anilines is 3. The van der Waals surface area contributed by atoms with Gasteiger partial charge in [-0.25, -0.2) is 9.97 Å². The first kappa shape index (κ1) is 17.3. The molecule has 1 amide bonds. The number of benzene rings is 1. The summed E-state index contributed by atoms with van der Waals surface area (Å²) in [6, 6.07) is 5.53. The first-order chi connectivity index (χ1) is 11.4. The summed E-state index contributed by atoms with van der Waals surface area (Å²) < 4.78 is 4.93. The summed E-state index contributed by atoms with van der Waals surface area (Å²) in [5, 5.41) is 13.8. The molecule has 0 radical (unpaired) electrons. The highest BCUT2D eigenvalue weighted by atomic mass is 32.2. The Bertz CT molecular complexity index is 765. The number of carbonyl (C=O) groups is 1. The first-order valence-electron chi connectivity index (χ1n) is 6.54.